The molecule has 0 fully saturated rings. The minimum atomic E-state index is -0.131. The molecule has 5 heteroatoms. The fraction of sp³-hybridized carbons (Fsp3) is 0.429. The van der Waals surface area contributed by atoms with E-state index in [0.29, 0.717) is 24.2 Å². The number of hydrogen-bond acceptors (Lipinski definition) is 3. The molecular formula is C14H21N3O2. The summed E-state index contributed by atoms with van der Waals surface area (Å²) in [6.45, 7) is 3.26. The van der Waals surface area contributed by atoms with Gasteiger partial charge in [0.05, 0.1) is 0 Å². The Morgan fingerprint density at radius 3 is 2.74 bits per heavy atom. The van der Waals surface area contributed by atoms with Gasteiger partial charge >= 0.3 is 0 Å². The number of carbonyl (C=O) groups is 2. The molecule has 0 atom stereocenters. The Kier molecular flexibility index (Phi) is 6.60. The van der Waals surface area contributed by atoms with E-state index in [1.165, 1.54) is 0 Å². The molecule has 0 unspecified atom stereocenters. The third-order valence-electron chi connectivity index (χ3n) is 2.58. The maximum absolute atomic E-state index is 11.7. The number of nitrogens with one attached hydrogen (secondary N) is 3. The lowest BCUT2D eigenvalue weighted by Crippen LogP contribution is -2.22. The molecule has 0 aromatic heterocycles. The molecule has 5 nitrogen and oxygen atoms in total. The molecule has 0 bridgehead atoms. The van der Waals surface area contributed by atoms with Gasteiger partial charge in [-0.3, -0.25) is 9.59 Å². The van der Waals surface area contributed by atoms with Crippen LogP contribution < -0.4 is 16.0 Å². The van der Waals surface area contributed by atoms with Crippen molar-refractivity contribution in [2.75, 3.05) is 25.5 Å². The van der Waals surface area contributed by atoms with Crippen molar-refractivity contribution in [3.05, 3.63) is 29.8 Å². The van der Waals surface area contributed by atoms with E-state index in [9.17, 15) is 9.59 Å². The highest BCUT2D eigenvalue weighted by Gasteiger charge is 2.06. The second-order valence-electron chi connectivity index (χ2n) is 4.20. The molecule has 0 radical (unpaired) electrons. The van der Waals surface area contributed by atoms with E-state index in [4.69, 9.17) is 0 Å². The molecule has 1 rings (SSSR count). The molecule has 0 aliphatic heterocycles. The minimum Gasteiger partial charge on any atom is -0.352 e. The first kappa shape index (κ1) is 15.2. The molecule has 2 amide bonds. The minimum absolute atomic E-state index is 0.0386. The van der Waals surface area contributed by atoms with E-state index in [2.05, 4.69) is 16.0 Å². The highest BCUT2D eigenvalue weighted by molar-refractivity contribution is 5.97. The van der Waals surface area contributed by atoms with Crippen LogP contribution in [0.1, 0.15) is 30.1 Å². The zero-order valence-electron chi connectivity index (χ0n) is 11.5. The highest BCUT2D eigenvalue weighted by atomic mass is 16.2. The van der Waals surface area contributed by atoms with Crippen LogP contribution in [0.2, 0.25) is 0 Å². The van der Waals surface area contributed by atoms with Gasteiger partial charge < -0.3 is 16.0 Å². The summed E-state index contributed by atoms with van der Waals surface area (Å²) >= 11 is 0. The summed E-state index contributed by atoms with van der Waals surface area (Å²) in [6.07, 6.45) is 1.25. The SMILES string of the molecule is CCNC(=O)c1cccc(NC(=O)CCCNC)c1. The van der Waals surface area contributed by atoms with Gasteiger partial charge in [0.2, 0.25) is 5.91 Å². The zero-order chi connectivity index (χ0) is 14.1. The maximum Gasteiger partial charge on any atom is 0.251 e. The first-order valence-corrected chi connectivity index (χ1v) is 6.50. The average molecular weight is 263 g/mol. The molecule has 0 spiro atoms. The Balaban J connectivity index is 2.56. The molecule has 3 N–H and O–H groups in total. The van der Waals surface area contributed by atoms with Crippen molar-refractivity contribution in [2.24, 2.45) is 0 Å². The summed E-state index contributed by atoms with van der Waals surface area (Å²) in [5.41, 5.74) is 1.20. The molecule has 104 valence electrons. The molecule has 0 saturated carbocycles. The number of amides is 2. The summed E-state index contributed by atoms with van der Waals surface area (Å²) in [5.74, 6) is -0.169. The van der Waals surface area contributed by atoms with Crippen molar-refractivity contribution in [3.8, 4) is 0 Å². The smallest absolute Gasteiger partial charge is 0.251 e. The van der Waals surface area contributed by atoms with Crippen LogP contribution in [-0.4, -0.2) is 32.0 Å². The summed E-state index contributed by atoms with van der Waals surface area (Å²) in [4.78, 5) is 23.3. The molecule has 0 saturated heterocycles. The third kappa shape index (κ3) is 5.52. The number of hydrogen-bond donors (Lipinski definition) is 3. The first-order valence-electron chi connectivity index (χ1n) is 6.50. The summed E-state index contributed by atoms with van der Waals surface area (Å²) in [7, 11) is 1.85. The van der Waals surface area contributed by atoms with Crippen LogP contribution in [0.5, 0.6) is 0 Å². The molecule has 0 aliphatic carbocycles. The van der Waals surface area contributed by atoms with Crippen molar-refractivity contribution in [2.45, 2.75) is 19.8 Å². The van der Waals surface area contributed by atoms with Crippen molar-refractivity contribution >= 4 is 17.5 Å². The Bertz CT molecular complexity index is 432. The summed E-state index contributed by atoms with van der Waals surface area (Å²) in [6, 6.07) is 6.94. The number of rotatable bonds is 7. The van der Waals surface area contributed by atoms with Crippen LogP contribution in [0, 0.1) is 0 Å². The van der Waals surface area contributed by atoms with Crippen molar-refractivity contribution < 1.29 is 9.59 Å². The topological polar surface area (TPSA) is 70.2 Å². The van der Waals surface area contributed by atoms with Crippen molar-refractivity contribution in [3.63, 3.8) is 0 Å². The Morgan fingerprint density at radius 2 is 2.05 bits per heavy atom. The second-order valence-corrected chi connectivity index (χ2v) is 4.20. The van der Waals surface area contributed by atoms with Gasteiger partial charge in [-0.25, -0.2) is 0 Å². The van der Waals surface area contributed by atoms with Crippen LogP contribution in [0.15, 0.2) is 24.3 Å². The van der Waals surface area contributed by atoms with E-state index in [1.54, 1.807) is 24.3 Å². The number of carbonyl (C=O) groups excluding carboxylic acids is 2. The molecule has 19 heavy (non-hydrogen) atoms. The van der Waals surface area contributed by atoms with Gasteiger partial charge in [-0.1, -0.05) is 6.07 Å². The van der Waals surface area contributed by atoms with E-state index in [0.717, 1.165) is 13.0 Å². The van der Waals surface area contributed by atoms with Crippen molar-refractivity contribution in [1.29, 1.82) is 0 Å². The largest absolute Gasteiger partial charge is 0.352 e. The van der Waals surface area contributed by atoms with Gasteiger partial charge in [-0.05, 0) is 45.1 Å². The van der Waals surface area contributed by atoms with Gasteiger partial charge in [0.1, 0.15) is 0 Å². The quantitative estimate of drug-likeness (QED) is 0.651. The van der Waals surface area contributed by atoms with E-state index < -0.39 is 0 Å². The van der Waals surface area contributed by atoms with Crippen molar-refractivity contribution in [1.82, 2.24) is 10.6 Å². The standard InChI is InChI=1S/C14H21N3O2/c1-3-16-14(19)11-6-4-7-12(10-11)17-13(18)8-5-9-15-2/h4,6-7,10,15H,3,5,8-9H2,1-2H3,(H,16,19)(H,17,18). The molecule has 0 heterocycles. The Hall–Kier alpha value is -1.88. The summed E-state index contributed by atoms with van der Waals surface area (Å²) < 4.78 is 0. The Morgan fingerprint density at radius 1 is 1.26 bits per heavy atom. The molecule has 0 aliphatic rings. The van der Waals surface area contributed by atoms with Crippen LogP contribution >= 0.6 is 0 Å². The fourth-order valence-electron chi connectivity index (χ4n) is 1.65. The van der Waals surface area contributed by atoms with Crippen LogP contribution in [0.4, 0.5) is 5.69 Å². The predicted molar refractivity (Wildman–Crippen MR) is 76.2 cm³/mol. The highest BCUT2D eigenvalue weighted by Crippen LogP contribution is 2.11. The van der Waals surface area contributed by atoms with Gasteiger partial charge in [-0.15, -0.1) is 0 Å². The summed E-state index contributed by atoms with van der Waals surface area (Å²) in [5, 5.41) is 8.51. The lowest BCUT2D eigenvalue weighted by atomic mass is 10.2. The van der Waals surface area contributed by atoms with E-state index >= 15 is 0 Å². The number of anilines is 1. The zero-order valence-corrected chi connectivity index (χ0v) is 11.5. The third-order valence-corrected chi connectivity index (χ3v) is 2.58. The second kappa shape index (κ2) is 8.26. The average Bonchev–Trinajstić information content (AvgIpc) is 2.39. The van der Waals surface area contributed by atoms with Gasteiger partial charge in [0, 0.05) is 24.2 Å². The molecular weight excluding hydrogens is 242 g/mol. The maximum atomic E-state index is 11.7. The molecule has 1 aromatic rings. The van der Waals surface area contributed by atoms with Crippen LogP contribution in [0.25, 0.3) is 0 Å². The first-order chi connectivity index (χ1) is 9.17. The van der Waals surface area contributed by atoms with Crippen LogP contribution in [-0.2, 0) is 4.79 Å². The monoisotopic (exact) mass is 263 g/mol. The van der Waals surface area contributed by atoms with Gasteiger partial charge in [-0.2, -0.15) is 0 Å². The predicted octanol–water partition coefficient (Wildman–Crippen LogP) is 1.37. The van der Waals surface area contributed by atoms with E-state index in [1.807, 2.05) is 14.0 Å². The Labute approximate surface area is 113 Å². The number of benzene rings is 1. The molecule has 1 aromatic carbocycles. The van der Waals surface area contributed by atoms with Gasteiger partial charge in [0.25, 0.3) is 5.91 Å². The van der Waals surface area contributed by atoms with E-state index in [-0.39, 0.29) is 11.8 Å². The lowest BCUT2D eigenvalue weighted by Gasteiger charge is -2.07. The van der Waals surface area contributed by atoms with Gasteiger partial charge in [0.15, 0.2) is 0 Å². The normalized spacial score (nSPS) is 10.0. The fourth-order valence-corrected chi connectivity index (χ4v) is 1.65. The lowest BCUT2D eigenvalue weighted by molar-refractivity contribution is -0.116. The van der Waals surface area contributed by atoms with Crippen LogP contribution in [0.3, 0.4) is 0 Å².